The number of benzene rings is 2. The molecular formula is C28H18Cl3FN8O2. The van der Waals surface area contributed by atoms with Crippen molar-refractivity contribution in [2.75, 3.05) is 5.32 Å². The number of aromatic amines is 1. The highest BCUT2D eigenvalue weighted by atomic mass is 35.5. The summed E-state index contributed by atoms with van der Waals surface area (Å²) in [5.41, 5.74) is 3.28. The van der Waals surface area contributed by atoms with Gasteiger partial charge in [-0.05, 0) is 54.7 Å². The zero-order valence-corrected chi connectivity index (χ0v) is 23.7. The van der Waals surface area contributed by atoms with Crippen molar-refractivity contribution in [2.24, 2.45) is 5.92 Å². The normalized spacial score (nSPS) is 20.2. The van der Waals surface area contributed by atoms with Gasteiger partial charge in [0.25, 0.3) is 5.56 Å². The summed E-state index contributed by atoms with van der Waals surface area (Å²) >= 11 is 19.0. The van der Waals surface area contributed by atoms with Gasteiger partial charge in [-0.2, -0.15) is 4.39 Å². The number of amides is 1. The van der Waals surface area contributed by atoms with Gasteiger partial charge in [-0.3, -0.25) is 14.2 Å². The van der Waals surface area contributed by atoms with Crippen LogP contribution in [0.15, 0.2) is 47.4 Å². The lowest BCUT2D eigenvalue weighted by Crippen LogP contribution is -2.27. The third kappa shape index (κ3) is 3.91. The average molecular weight is 624 g/mol. The van der Waals surface area contributed by atoms with Crippen LogP contribution in [0.1, 0.15) is 42.0 Å². The van der Waals surface area contributed by atoms with Gasteiger partial charge in [0.15, 0.2) is 5.15 Å². The van der Waals surface area contributed by atoms with Gasteiger partial charge in [-0.15, -0.1) is 5.10 Å². The van der Waals surface area contributed by atoms with Crippen molar-refractivity contribution in [1.82, 2.24) is 34.5 Å². The fourth-order valence-corrected chi connectivity index (χ4v) is 6.81. The van der Waals surface area contributed by atoms with Gasteiger partial charge in [-0.25, -0.2) is 14.6 Å². The van der Waals surface area contributed by atoms with Crippen LogP contribution >= 0.6 is 34.8 Å². The number of imidazole rings is 1. The molecule has 0 spiro atoms. The van der Waals surface area contributed by atoms with E-state index < -0.39 is 12.0 Å². The average Bonchev–Trinajstić information content (AvgIpc) is 3.28. The van der Waals surface area contributed by atoms with Crippen LogP contribution < -0.4 is 10.9 Å². The molecule has 210 valence electrons. The third-order valence-electron chi connectivity index (χ3n) is 8.13. The number of halogens is 4. The molecule has 0 bridgehead atoms. The largest absolute Gasteiger partial charge is 0.338 e. The van der Waals surface area contributed by atoms with Gasteiger partial charge in [0.05, 0.1) is 28.6 Å². The molecule has 1 fully saturated rings. The Balaban J connectivity index is 1.20. The minimum absolute atomic E-state index is 0.0265. The summed E-state index contributed by atoms with van der Waals surface area (Å²) in [5.74, 6) is 0.200. The SMILES string of the molecule is O=C1CCc2c(ccc(-c3[nH]c([C@@H]4[C@H]5C[C@H]5c5nc(-c6cc(Cl)ccc6-n6cc(Cl)nn6)cc(=O)n54)nc3F)c2Cl)N1. The first-order valence-electron chi connectivity index (χ1n) is 13.2. The summed E-state index contributed by atoms with van der Waals surface area (Å²) in [5, 5.41) is 11.7. The van der Waals surface area contributed by atoms with E-state index in [2.05, 4.69) is 25.6 Å². The highest BCUT2D eigenvalue weighted by molar-refractivity contribution is 6.34. The number of aromatic nitrogens is 7. The van der Waals surface area contributed by atoms with Crippen molar-refractivity contribution in [1.29, 1.82) is 0 Å². The smallest absolute Gasteiger partial charge is 0.254 e. The summed E-state index contributed by atoms with van der Waals surface area (Å²) in [6, 6.07) is 9.46. The zero-order valence-electron chi connectivity index (χ0n) is 21.4. The second-order valence-electron chi connectivity index (χ2n) is 10.6. The summed E-state index contributed by atoms with van der Waals surface area (Å²) < 4.78 is 18.4. The van der Waals surface area contributed by atoms with Crippen LogP contribution in [-0.2, 0) is 11.2 Å². The van der Waals surface area contributed by atoms with Gasteiger partial charge >= 0.3 is 0 Å². The summed E-state index contributed by atoms with van der Waals surface area (Å²) in [7, 11) is 0. The maximum absolute atomic E-state index is 15.4. The molecule has 3 atom stereocenters. The predicted molar refractivity (Wildman–Crippen MR) is 154 cm³/mol. The Kier molecular flexibility index (Phi) is 5.63. The van der Waals surface area contributed by atoms with E-state index in [1.54, 1.807) is 41.1 Å². The monoisotopic (exact) mass is 622 g/mol. The Morgan fingerprint density at radius 3 is 2.67 bits per heavy atom. The summed E-state index contributed by atoms with van der Waals surface area (Å²) in [4.78, 5) is 37.6. The minimum Gasteiger partial charge on any atom is -0.338 e. The van der Waals surface area contributed by atoms with Crippen LogP contribution in [0.2, 0.25) is 15.2 Å². The third-order valence-corrected chi connectivity index (χ3v) is 8.97. The van der Waals surface area contributed by atoms with E-state index in [9.17, 15) is 9.59 Å². The number of hydrogen-bond donors (Lipinski definition) is 2. The number of carbonyl (C=O) groups is 1. The van der Waals surface area contributed by atoms with Gasteiger partial charge in [-0.1, -0.05) is 40.0 Å². The summed E-state index contributed by atoms with van der Waals surface area (Å²) in [6.45, 7) is 0. The van der Waals surface area contributed by atoms with E-state index in [1.165, 1.54) is 10.7 Å². The molecule has 0 saturated heterocycles. The van der Waals surface area contributed by atoms with Crippen LogP contribution in [0.4, 0.5) is 10.1 Å². The molecule has 2 N–H and O–H groups in total. The quantitative estimate of drug-likeness (QED) is 0.270. The van der Waals surface area contributed by atoms with Crippen LogP contribution in [0.5, 0.6) is 0 Å². The summed E-state index contributed by atoms with van der Waals surface area (Å²) in [6.07, 6.45) is 3.10. The highest BCUT2D eigenvalue weighted by Gasteiger charge is 2.55. The molecule has 10 nitrogen and oxygen atoms in total. The van der Waals surface area contributed by atoms with Crippen molar-refractivity contribution in [2.45, 2.75) is 31.2 Å². The van der Waals surface area contributed by atoms with E-state index >= 15 is 4.39 Å². The Labute approximate surface area is 251 Å². The molecule has 1 aliphatic carbocycles. The molecule has 5 heterocycles. The van der Waals surface area contributed by atoms with Crippen LogP contribution in [-0.4, -0.2) is 40.4 Å². The number of hydrogen-bond acceptors (Lipinski definition) is 6. The lowest BCUT2D eigenvalue weighted by molar-refractivity contribution is -0.116. The zero-order chi connectivity index (χ0) is 28.9. The Hall–Kier alpha value is -4.06. The number of rotatable bonds is 4. The molecule has 3 aliphatic rings. The van der Waals surface area contributed by atoms with Crippen LogP contribution in [0.25, 0.3) is 28.2 Å². The van der Waals surface area contributed by atoms with Gasteiger partial charge < -0.3 is 10.3 Å². The van der Waals surface area contributed by atoms with Gasteiger partial charge in [0.1, 0.15) is 17.3 Å². The number of anilines is 1. The molecule has 2 aliphatic heterocycles. The lowest BCUT2D eigenvalue weighted by Gasteiger charge is -2.19. The highest BCUT2D eigenvalue weighted by Crippen LogP contribution is 2.60. The molecule has 42 heavy (non-hydrogen) atoms. The molecule has 14 heteroatoms. The van der Waals surface area contributed by atoms with Crippen molar-refractivity contribution >= 4 is 46.4 Å². The standard InChI is InChI=1S/C28H18Cl3FN8O2/c29-11-1-5-19(39-10-20(30)37-38-39)16(7-11)18-9-22(42)40-25(14-8-15(14)28(40)34-18)27-35-24(26(32)36-27)13-2-4-17-12(23(13)31)3-6-21(41)33-17/h1-2,4-5,7,9-10,14-15,25H,3,6,8H2,(H,33,41)(H,35,36)/t14-,15+,25-/m0/s1. The van der Waals surface area contributed by atoms with E-state index in [1.807, 2.05) is 0 Å². The first-order chi connectivity index (χ1) is 20.3. The van der Waals surface area contributed by atoms with Crippen molar-refractivity contribution in [3.05, 3.63) is 91.3 Å². The van der Waals surface area contributed by atoms with Crippen molar-refractivity contribution < 1.29 is 9.18 Å². The number of nitrogens with one attached hydrogen (secondary N) is 2. The molecule has 2 aromatic carbocycles. The van der Waals surface area contributed by atoms with Crippen LogP contribution in [0, 0.1) is 11.9 Å². The molecule has 0 unspecified atom stereocenters. The fraction of sp³-hybridized carbons (Fsp3) is 0.214. The molecular weight excluding hydrogens is 606 g/mol. The lowest BCUT2D eigenvalue weighted by atomic mass is 9.99. The maximum Gasteiger partial charge on any atom is 0.254 e. The molecule has 3 aromatic heterocycles. The second-order valence-corrected chi connectivity index (χ2v) is 11.8. The Morgan fingerprint density at radius 1 is 1.00 bits per heavy atom. The number of H-pyrrole nitrogens is 1. The number of nitrogens with zero attached hydrogens (tertiary/aromatic N) is 6. The van der Waals surface area contributed by atoms with Crippen molar-refractivity contribution in [3.8, 4) is 28.2 Å². The van der Waals surface area contributed by atoms with Crippen LogP contribution in [0.3, 0.4) is 0 Å². The van der Waals surface area contributed by atoms with Crippen molar-refractivity contribution in [3.63, 3.8) is 0 Å². The predicted octanol–water partition coefficient (Wildman–Crippen LogP) is 5.57. The molecule has 5 aromatic rings. The molecule has 0 radical (unpaired) electrons. The molecule has 1 saturated carbocycles. The minimum atomic E-state index is -0.718. The first-order valence-corrected chi connectivity index (χ1v) is 14.3. The second kappa shape index (κ2) is 9.22. The topological polar surface area (TPSA) is 123 Å². The van der Waals surface area contributed by atoms with E-state index in [4.69, 9.17) is 39.8 Å². The number of fused-ring (bicyclic) bond motifs is 4. The Bertz CT molecular complexity index is 2040. The van der Waals surface area contributed by atoms with E-state index in [0.717, 1.165) is 12.0 Å². The van der Waals surface area contributed by atoms with E-state index in [0.29, 0.717) is 62.7 Å². The molecule has 1 amide bonds. The van der Waals surface area contributed by atoms with Gasteiger partial charge in [0.2, 0.25) is 11.9 Å². The van der Waals surface area contributed by atoms with E-state index in [-0.39, 0.29) is 34.1 Å². The first kappa shape index (κ1) is 25.6. The fourth-order valence-electron chi connectivity index (χ4n) is 6.15. The number of carbonyl (C=O) groups excluding carboxylic acids is 1. The maximum atomic E-state index is 15.4. The Morgan fingerprint density at radius 2 is 1.86 bits per heavy atom. The van der Waals surface area contributed by atoms with Gasteiger partial charge in [0, 0.05) is 40.2 Å². The molecule has 8 rings (SSSR count).